The number of ether oxygens (including phenoxy) is 1. The van der Waals surface area contributed by atoms with Gasteiger partial charge in [0.25, 0.3) is 0 Å². The highest BCUT2D eigenvalue weighted by Crippen LogP contribution is 2.04. The number of fused-ring (bicyclic) bond motifs is 1. The van der Waals surface area contributed by atoms with Crippen LogP contribution in [0.5, 0.6) is 0 Å². The van der Waals surface area contributed by atoms with Gasteiger partial charge in [-0.2, -0.15) is 0 Å². The molecule has 0 radical (unpaired) electrons. The van der Waals surface area contributed by atoms with Crippen molar-refractivity contribution in [3.05, 3.63) is 34.2 Å². The maximum atomic E-state index is 11.0. The van der Waals surface area contributed by atoms with Crippen LogP contribution in [0.25, 0.3) is 12.2 Å². The highest BCUT2D eigenvalue weighted by atomic mass is 16.5. The van der Waals surface area contributed by atoms with E-state index in [4.69, 9.17) is 4.74 Å². The number of methoxy groups -OCH3 is 1. The first-order valence-electron chi connectivity index (χ1n) is 6.02. The largest absolute Gasteiger partial charge is 0.377 e. The minimum Gasteiger partial charge on any atom is -0.377 e. The van der Waals surface area contributed by atoms with Gasteiger partial charge in [0.2, 0.25) is 0 Å². The Kier molecular flexibility index (Phi) is 3.75. The van der Waals surface area contributed by atoms with E-state index in [0.29, 0.717) is 6.42 Å². The molecule has 1 unspecified atom stereocenters. The van der Waals surface area contributed by atoms with Crippen LogP contribution in [0.15, 0.2) is 18.2 Å². The minimum absolute atomic E-state index is 0.200. The molecule has 2 nitrogen and oxygen atoms in total. The maximum Gasteiger partial charge on any atom is 0.130 e. The van der Waals surface area contributed by atoms with E-state index in [1.807, 2.05) is 0 Å². The van der Waals surface area contributed by atoms with E-state index in [2.05, 4.69) is 30.4 Å². The van der Waals surface area contributed by atoms with Crippen molar-refractivity contribution in [3.63, 3.8) is 0 Å². The molecular weight excluding hydrogens is 212 g/mol. The fraction of sp³-hybridized carbons (Fsp3) is 0.400. The summed E-state index contributed by atoms with van der Waals surface area (Å²) in [5.41, 5.74) is 1.24. The monoisotopic (exact) mass is 230 g/mol. The molecule has 2 rings (SSSR count). The highest BCUT2D eigenvalue weighted by Gasteiger charge is 2.06. The molecule has 90 valence electrons. The summed E-state index contributed by atoms with van der Waals surface area (Å²) in [6, 6.07) is 6.40. The van der Waals surface area contributed by atoms with Crippen molar-refractivity contribution in [2.45, 2.75) is 32.3 Å². The van der Waals surface area contributed by atoms with Crippen LogP contribution in [0, 0.1) is 0 Å². The van der Waals surface area contributed by atoms with Gasteiger partial charge in [-0.25, -0.2) is 0 Å². The summed E-state index contributed by atoms with van der Waals surface area (Å²) in [5.74, 6) is 0.248. The molecule has 1 aliphatic carbocycles. The van der Waals surface area contributed by atoms with Crippen molar-refractivity contribution in [1.29, 1.82) is 0 Å². The third kappa shape index (κ3) is 3.04. The molecule has 0 heterocycles. The molecule has 1 atom stereocenters. The molecule has 0 spiro atoms. The van der Waals surface area contributed by atoms with Gasteiger partial charge in [-0.15, -0.1) is 0 Å². The molecule has 0 N–H and O–H groups in total. The molecule has 1 aromatic carbocycles. The van der Waals surface area contributed by atoms with Gasteiger partial charge < -0.3 is 9.53 Å². The molecule has 0 aromatic heterocycles. The van der Waals surface area contributed by atoms with Crippen LogP contribution in [0.4, 0.5) is 0 Å². The number of carbonyl (C=O) groups excluding carboxylic acids is 1. The van der Waals surface area contributed by atoms with Crippen molar-refractivity contribution in [3.8, 4) is 0 Å². The lowest BCUT2D eigenvalue weighted by molar-refractivity contribution is -0.116. The topological polar surface area (TPSA) is 26.3 Å². The molecule has 0 fully saturated rings. The summed E-state index contributed by atoms with van der Waals surface area (Å²) in [5, 5.41) is 2.49. The molecule has 1 aromatic rings. The zero-order chi connectivity index (χ0) is 12.3. The number of benzene rings is 1. The van der Waals surface area contributed by atoms with Crippen LogP contribution >= 0.6 is 0 Å². The standard InChI is InChI=1S/C15H18O2/c1-11(16)3-4-12-5-6-14-10-15(17-2)8-7-13(14)9-12/h5-7,9-10,15H,3-4,8H2,1-2H3. The van der Waals surface area contributed by atoms with Gasteiger partial charge in [-0.05, 0) is 41.8 Å². The van der Waals surface area contributed by atoms with E-state index in [-0.39, 0.29) is 11.9 Å². The number of hydrogen-bond acceptors (Lipinski definition) is 2. The van der Waals surface area contributed by atoms with Crippen molar-refractivity contribution in [2.75, 3.05) is 7.11 Å². The number of ketones is 1. The number of aryl methyl sites for hydroxylation is 1. The van der Waals surface area contributed by atoms with E-state index in [0.717, 1.165) is 12.8 Å². The second kappa shape index (κ2) is 5.28. The van der Waals surface area contributed by atoms with E-state index in [9.17, 15) is 4.79 Å². The molecule has 0 saturated carbocycles. The lowest BCUT2D eigenvalue weighted by Crippen LogP contribution is -2.31. The maximum absolute atomic E-state index is 11.0. The van der Waals surface area contributed by atoms with E-state index in [1.165, 1.54) is 16.0 Å². The number of carbonyl (C=O) groups is 1. The first-order chi connectivity index (χ1) is 8.19. The van der Waals surface area contributed by atoms with Gasteiger partial charge in [-0.3, -0.25) is 0 Å². The molecule has 0 amide bonds. The highest BCUT2D eigenvalue weighted by molar-refractivity contribution is 5.75. The summed E-state index contributed by atoms with van der Waals surface area (Å²) in [6.07, 6.45) is 6.96. The first-order valence-corrected chi connectivity index (χ1v) is 6.02. The molecule has 0 saturated heterocycles. The molecular formula is C15H18O2. The molecule has 0 aliphatic heterocycles. The van der Waals surface area contributed by atoms with Gasteiger partial charge in [0.05, 0.1) is 6.10 Å². The SMILES string of the molecule is COC1C=c2ccc(CCC(C)=O)cc2=CC1. The second-order valence-electron chi connectivity index (χ2n) is 4.55. The Morgan fingerprint density at radius 3 is 2.94 bits per heavy atom. The van der Waals surface area contributed by atoms with Crippen LogP contribution in [0.1, 0.15) is 25.3 Å². The fourth-order valence-electron chi connectivity index (χ4n) is 2.10. The normalized spacial score (nSPS) is 17.9. The summed E-state index contributed by atoms with van der Waals surface area (Å²) < 4.78 is 5.33. The fourth-order valence-corrected chi connectivity index (χ4v) is 2.10. The number of rotatable bonds is 4. The lowest BCUT2D eigenvalue weighted by Gasteiger charge is -2.12. The first kappa shape index (κ1) is 12.1. The molecule has 0 bridgehead atoms. The van der Waals surface area contributed by atoms with Crippen LogP contribution in [0.2, 0.25) is 0 Å². The van der Waals surface area contributed by atoms with Gasteiger partial charge in [0, 0.05) is 13.5 Å². The lowest BCUT2D eigenvalue weighted by atomic mass is 10.0. The average Bonchev–Trinajstić information content (AvgIpc) is 2.35. The summed E-state index contributed by atoms with van der Waals surface area (Å²) in [4.78, 5) is 11.0. The second-order valence-corrected chi connectivity index (χ2v) is 4.55. The third-order valence-corrected chi connectivity index (χ3v) is 3.16. The zero-order valence-corrected chi connectivity index (χ0v) is 10.4. The van der Waals surface area contributed by atoms with Crippen LogP contribution in [0.3, 0.4) is 0 Å². The number of hydrogen-bond donors (Lipinski definition) is 0. The van der Waals surface area contributed by atoms with Crippen LogP contribution in [-0.4, -0.2) is 19.0 Å². The minimum atomic E-state index is 0.200. The Bertz CT molecular complexity index is 528. The Morgan fingerprint density at radius 2 is 2.24 bits per heavy atom. The third-order valence-electron chi connectivity index (χ3n) is 3.16. The predicted molar refractivity (Wildman–Crippen MR) is 69.0 cm³/mol. The predicted octanol–water partition coefficient (Wildman–Crippen LogP) is 1.19. The van der Waals surface area contributed by atoms with E-state index in [1.54, 1.807) is 14.0 Å². The van der Waals surface area contributed by atoms with E-state index < -0.39 is 0 Å². The Hall–Kier alpha value is -1.41. The number of Topliss-reactive ketones (excluding diaryl/α,β-unsaturated/α-hetero) is 1. The summed E-state index contributed by atoms with van der Waals surface area (Å²) in [6.45, 7) is 1.64. The van der Waals surface area contributed by atoms with Gasteiger partial charge in [-0.1, -0.05) is 24.3 Å². The van der Waals surface area contributed by atoms with E-state index >= 15 is 0 Å². The van der Waals surface area contributed by atoms with Crippen molar-refractivity contribution < 1.29 is 9.53 Å². The van der Waals surface area contributed by atoms with Crippen molar-refractivity contribution >= 4 is 17.9 Å². The van der Waals surface area contributed by atoms with Gasteiger partial charge >= 0.3 is 0 Å². The molecule has 2 heteroatoms. The zero-order valence-electron chi connectivity index (χ0n) is 10.4. The molecule has 1 aliphatic rings. The smallest absolute Gasteiger partial charge is 0.130 e. The summed E-state index contributed by atoms with van der Waals surface area (Å²) >= 11 is 0. The Morgan fingerprint density at radius 1 is 1.41 bits per heavy atom. The van der Waals surface area contributed by atoms with Crippen LogP contribution in [-0.2, 0) is 16.0 Å². The quantitative estimate of drug-likeness (QED) is 0.776. The Labute approximate surface area is 102 Å². The van der Waals surface area contributed by atoms with Gasteiger partial charge in [0.1, 0.15) is 5.78 Å². The summed E-state index contributed by atoms with van der Waals surface area (Å²) in [7, 11) is 1.74. The Balaban J connectivity index is 2.24. The van der Waals surface area contributed by atoms with Crippen molar-refractivity contribution in [2.24, 2.45) is 0 Å². The van der Waals surface area contributed by atoms with Crippen molar-refractivity contribution in [1.82, 2.24) is 0 Å². The average molecular weight is 230 g/mol. The van der Waals surface area contributed by atoms with Gasteiger partial charge in [0.15, 0.2) is 0 Å². The molecule has 17 heavy (non-hydrogen) atoms. The van der Waals surface area contributed by atoms with Crippen LogP contribution < -0.4 is 10.4 Å².